The molecule has 0 saturated heterocycles. The van der Waals surface area contributed by atoms with Gasteiger partial charge >= 0.3 is 6.09 Å². The van der Waals surface area contributed by atoms with Gasteiger partial charge in [-0.15, -0.1) is 0 Å². The molecule has 0 radical (unpaired) electrons. The number of ether oxygens (including phenoxy) is 1. The number of hydrogen-bond donors (Lipinski definition) is 1. The van der Waals surface area contributed by atoms with Crippen LogP contribution in [0.2, 0.25) is 10.2 Å². The maximum Gasteiger partial charge on any atom is 0.412 e. The Bertz CT molecular complexity index is 618. The van der Waals surface area contributed by atoms with Crippen molar-refractivity contribution in [2.45, 2.75) is 13.5 Å². The third kappa shape index (κ3) is 3.85. The van der Waals surface area contributed by atoms with Crippen LogP contribution in [0.4, 0.5) is 10.5 Å². The largest absolute Gasteiger partial charge is 0.444 e. The van der Waals surface area contributed by atoms with E-state index >= 15 is 0 Å². The summed E-state index contributed by atoms with van der Waals surface area (Å²) < 4.78 is 5.10. The molecular weight excluding hydrogens is 299 g/mol. The fourth-order valence-corrected chi connectivity index (χ4v) is 1.88. The standard InChI is InChI=1S/C14H12Cl2N2O2/c1-9-12(7-11(15)13(16)17-9)18-14(19)20-8-10-5-3-2-4-6-10/h2-7H,8H2,1H3,(H,18,19). The third-order valence-electron chi connectivity index (χ3n) is 2.57. The molecular formula is C14H12Cl2N2O2. The molecule has 0 unspecified atom stereocenters. The molecule has 0 bridgehead atoms. The normalized spacial score (nSPS) is 10.2. The topological polar surface area (TPSA) is 51.2 Å². The minimum Gasteiger partial charge on any atom is -0.444 e. The van der Waals surface area contributed by atoms with Gasteiger partial charge in [-0.25, -0.2) is 9.78 Å². The molecule has 1 amide bonds. The van der Waals surface area contributed by atoms with E-state index in [1.807, 2.05) is 30.3 Å². The van der Waals surface area contributed by atoms with Gasteiger partial charge < -0.3 is 4.74 Å². The highest BCUT2D eigenvalue weighted by molar-refractivity contribution is 6.41. The van der Waals surface area contributed by atoms with Crippen LogP contribution in [0.5, 0.6) is 0 Å². The van der Waals surface area contributed by atoms with Crippen LogP contribution in [0.3, 0.4) is 0 Å². The number of nitrogens with zero attached hydrogens (tertiary/aromatic N) is 1. The second kappa shape index (κ2) is 6.59. The van der Waals surface area contributed by atoms with E-state index in [-0.39, 0.29) is 16.8 Å². The fourth-order valence-electron chi connectivity index (χ4n) is 1.55. The van der Waals surface area contributed by atoms with Gasteiger partial charge in [0.2, 0.25) is 0 Å². The van der Waals surface area contributed by atoms with E-state index < -0.39 is 6.09 Å². The Morgan fingerprint density at radius 1 is 1.30 bits per heavy atom. The second-order valence-electron chi connectivity index (χ2n) is 4.08. The minimum atomic E-state index is -0.572. The first-order chi connectivity index (χ1) is 9.56. The molecule has 2 aromatic rings. The lowest BCUT2D eigenvalue weighted by atomic mass is 10.2. The molecule has 6 heteroatoms. The molecule has 20 heavy (non-hydrogen) atoms. The average molecular weight is 311 g/mol. The van der Waals surface area contributed by atoms with Gasteiger partial charge in [-0.2, -0.15) is 0 Å². The van der Waals surface area contributed by atoms with Gasteiger partial charge in [0.25, 0.3) is 0 Å². The first-order valence-corrected chi connectivity index (χ1v) is 6.62. The summed E-state index contributed by atoms with van der Waals surface area (Å²) in [5.41, 5.74) is 1.94. The highest BCUT2D eigenvalue weighted by atomic mass is 35.5. The van der Waals surface area contributed by atoms with Crippen molar-refractivity contribution in [3.05, 3.63) is 57.8 Å². The summed E-state index contributed by atoms with van der Waals surface area (Å²) in [7, 11) is 0. The van der Waals surface area contributed by atoms with Crippen molar-refractivity contribution in [2.24, 2.45) is 0 Å². The quantitative estimate of drug-likeness (QED) is 0.852. The number of aryl methyl sites for hydroxylation is 1. The Kier molecular flexibility index (Phi) is 4.82. The van der Waals surface area contributed by atoms with Crippen molar-refractivity contribution in [1.82, 2.24) is 4.98 Å². The molecule has 1 aromatic heterocycles. The first kappa shape index (κ1) is 14.6. The van der Waals surface area contributed by atoms with E-state index in [0.717, 1.165) is 5.56 Å². The van der Waals surface area contributed by atoms with E-state index in [4.69, 9.17) is 27.9 Å². The molecule has 4 nitrogen and oxygen atoms in total. The van der Waals surface area contributed by atoms with Gasteiger partial charge in [0.1, 0.15) is 11.8 Å². The van der Waals surface area contributed by atoms with Crippen LogP contribution in [0.1, 0.15) is 11.3 Å². The summed E-state index contributed by atoms with van der Waals surface area (Å²) in [5.74, 6) is 0. The SMILES string of the molecule is Cc1nc(Cl)c(Cl)cc1NC(=O)OCc1ccccc1. The predicted molar refractivity (Wildman–Crippen MR) is 79.2 cm³/mol. The van der Waals surface area contributed by atoms with Crippen molar-refractivity contribution in [3.8, 4) is 0 Å². The molecule has 2 rings (SSSR count). The zero-order valence-electron chi connectivity index (χ0n) is 10.7. The molecule has 0 aliphatic rings. The molecule has 0 fully saturated rings. The Balaban J connectivity index is 1.97. The van der Waals surface area contributed by atoms with Crippen LogP contribution in [0.15, 0.2) is 36.4 Å². The van der Waals surface area contributed by atoms with Crippen molar-refractivity contribution < 1.29 is 9.53 Å². The Morgan fingerprint density at radius 3 is 2.70 bits per heavy atom. The number of carbonyl (C=O) groups is 1. The number of carbonyl (C=O) groups excluding carboxylic acids is 1. The lowest BCUT2D eigenvalue weighted by Gasteiger charge is -2.09. The van der Waals surface area contributed by atoms with Crippen molar-refractivity contribution in [1.29, 1.82) is 0 Å². The molecule has 0 aliphatic heterocycles. The van der Waals surface area contributed by atoms with Crippen LogP contribution in [0, 0.1) is 6.92 Å². The van der Waals surface area contributed by atoms with E-state index in [9.17, 15) is 4.79 Å². The minimum absolute atomic E-state index is 0.195. The average Bonchev–Trinajstić information content (AvgIpc) is 2.44. The lowest BCUT2D eigenvalue weighted by Crippen LogP contribution is -2.14. The Morgan fingerprint density at radius 2 is 2.00 bits per heavy atom. The van der Waals surface area contributed by atoms with Gasteiger partial charge in [-0.05, 0) is 18.6 Å². The number of anilines is 1. The van der Waals surface area contributed by atoms with Crippen LogP contribution in [-0.2, 0) is 11.3 Å². The molecule has 0 aliphatic carbocycles. The molecule has 104 valence electrons. The number of nitrogens with one attached hydrogen (secondary N) is 1. The second-order valence-corrected chi connectivity index (χ2v) is 4.85. The van der Waals surface area contributed by atoms with Crippen molar-refractivity contribution in [2.75, 3.05) is 5.32 Å². The summed E-state index contributed by atoms with van der Waals surface area (Å²) in [5, 5.41) is 3.06. The monoisotopic (exact) mass is 310 g/mol. The first-order valence-electron chi connectivity index (χ1n) is 5.86. The van der Waals surface area contributed by atoms with Crippen molar-refractivity contribution >= 4 is 35.0 Å². The number of halogens is 2. The lowest BCUT2D eigenvalue weighted by molar-refractivity contribution is 0.155. The molecule has 0 atom stereocenters. The molecule has 1 heterocycles. The molecule has 0 saturated carbocycles. The summed E-state index contributed by atoms with van der Waals surface area (Å²) >= 11 is 11.6. The van der Waals surface area contributed by atoms with Crippen LogP contribution in [0.25, 0.3) is 0 Å². The van der Waals surface area contributed by atoms with Gasteiger partial charge in [-0.3, -0.25) is 5.32 Å². The number of pyridine rings is 1. The van der Waals surface area contributed by atoms with E-state index in [0.29, 0.717) is 11.4 Å². The fraction of sp³-hybridized carbons (Fsp3) is 0.143. The maximum atomic E-state index is 11.7. The summed E-state index contributed by atoms with van der Waals surface area (Å²) in [6, 6.07) is 10.9. The number of amides is 1. The Hall–Kier alpha value is -1.78. The zero-order chi connectivity index (χ0) is 14.5. The number of hydrogen-bond acceptors (Lipinski definition) is 3. The van der Waals surface area contributed by atoms with Crippen LogP contribution in [-0.4, -0.2) is 11.1 Å². The summed E-state index contributed by atoms with van der Waals surface area (Å²) in [6.45, 7) is 1.91. The summed E-state index contributed by atoms with van der Waals surface area (Å²) in [4.78, 5) is 15.7. The van der Waals surface area contributed by atoms with Gasteiger partial charge in [0.15, 0.2) is 0 Å². The van der Waals surface area contributed by atoms with E-state index in [1.54, 1.807) is 6.92 Å². The van der Waals surface area contributed by atoms with E-state index in [2.05, 4.69) is 10.3 Å². The van der Waals surface area contributed by atoms with Gasteiger partial charge in [0.05, 0.1) is 16.4 Å². The smallest absolute Gasteiger partial charge is 0.412 e. The maximum absolute atomic E-state index is 11.7. The van der Waals surface area contributed by atoms with Crippen molar-refractivity contribution in [3.63, 3.8) is 0 Å². The molecule has 1 aromatic carbocycles. The number of aromatic nitrogens is 1. The van der Waals surface area contributed by atoms with Crippen LogP contribution < -0.4 is 5.32 Å². The van der Waals surface area contributed by atoms with Gasteiger partial charge in [0, 0.05) is 0 Å². The van der Waals surface area contributed by atoms with Crippen LogP contribution >= 0.6 is 23.2 Å². The third-order valence-corrected chi connectivity index (χ3v) is 3.25. The highest BCUT2D eigenvalue weighted by Gasteiger charge is 2.10. The van der Waals surface area contributed by atoms with Gasteiger partial charge in [-0.1, -0.05) is 53.5 Å². The number of benzene rings is 1. The molecule has 1 N–H and O–H groups in total. The highest BCUT2D eigenvalue weighted by Crippen LogP contribution is 2.25. The zero-order valence-corrected chi connectivity index (χ0v) is 12.2. The number of rotatable bonds is 3. The molecule has 0 spiro atoms. The van der Waals surface area contributed by atoms with E-state index in [1.165, 1.54) is 6.07 Å². The Labute approximate surface area is 126 Å². The predicted octanol–water partition coefficient (Wildman–Crippen LogP) is 4.45. The summed E-state index contributed by atoms with van der Waals surface area (Å²) in [6.07, 6.45) is -0.572.